The van der Waals surface area contributed by atoms with Crippen molar-refractivity contribution in [2.24, 2.45) is 0 Å². The van der Waals surface area contributed by atoms with Gasteiger partial charge < -0.3 is 10.3 Å². The molecule has 2 atom stereocenters. The van der Waals surface area contributed by atoms with Gasteiger partial charge in [0.2, 0.25) is 0 Å². The summed E-state index contributed by atoms with van der Waals surface area (Å²) in [5.74, 6) is 0.260. The highest BCUT2D eigenvalue weighted by Gasteiger charge is 2.30. The molecule has 1 aliphatic rings. The number of nitrogens with one attached hydrogen (secondary N) is 2. The molecule has 0 unspecified atom stereocenters. The first kappa shape index (κ1) is 16.7. The highest BCUT2D eigenvalue weighted by molar-refractivity contribution is 6.31. The predicted molar refractivity (Wildman–Crippen MR) is 114 cm³/mol. The SMILES string of the molecule is Clc1ccc([C@@H]2C[C@H](c3c[nH]c4ccccc34)Nc3ccc(Cl)cc32)cc1. The largest absolute Gasteiger partial charge is 0.378 e. The predicted octanol–water partition coefficient (Wildman–Crippen LogP) is 7.16. The van der Waals surface area contributed by atoms with E-state index < -0.39 is 0 Å². The Morgan fingerprint density at radius 2 is 1.59 bits per heavy atom. The zero-order chi connectivity index (χ0) is 18.4. The number of H-pyrrole nitrogens is 1. The van der Waals surface area contributed by atoms with Crippen LogP contribution in [0.1, 0.15) is 35.1 Å². The normalized spacial score (nSPS) is 18.9. The molecular weight excluding hydrogens is 375 g/mol. The van der Waals surface area contributed by atoms with Gasteiger partial charge >= 0.3 is 0 Å². The van der Waals surface area contributed by atoms with Gasteiger partial charge in [-0.15, -0.1) is 0 Å². The highest BCUT2D eigenvalue weighted by Crippen LogP contribution is 2.45. The van der Waals surface area contributed by atoms with Gasteiger partial charge in [-0.05, 0) is 59.5 Å². The van der Waals surface area contributed by atoms with Crippen molar-refractivity contribution in [1.29, 1.82) is 0 Å². The lowest BCUT2D eigenvalue weighted by Crippen LogP contribution is -2.22. The Morgan fingerprint density at radius 3 is 2.44 bits per heavy atom. The summed E-state index contributed by atoms with van der Waals surface area (Å²) in [6.45, 7) is 0. The van der Waals surface area contributed by atoms with Crippen LogP contribution in [0.25, 0.3) is 10.9 Å². The van der Waals surface area contributed by atoms with Crippen LogP contribution < -0.4 is 5.32 Å². The van der Waals surface area contributed by atoms with Crippen molar-refractivity contribution < 1.29 is 0 Å². The third-order valence-electron chi connectivity index (χ3n) is 5.46. The second-order valence-electron chi connectivity index (χ2n) is 7.06. The molecule has 0 radical (unpaired) electrons. The number of anilines is 1. The van der Waals surface area contributed by atoms with Gasteiger partial charge in [-0.2, -0.15) is 0 Å². The van der Waals surface area contributed by atoms with E-state index in [4.69, 9.17) is 23.2 Å². The number of halogens is 2. The van der Waals surface area contributed by atoms with Crippen molar-refractivity contribution in [1.82, 2.24) is 4.98 Å². The lowest BCUT2D eigenvalue weighted by molar-refractivity contribution is 0.606. The van der Waals surface area contributed by atoms with Crippen LogP contribution in [0.3, 0.4) is 0 Å². The van der Waals surface area contributed by atoms with Gasteiger partial charge in [0.15, 0.2) is 0 Å². The zero-order valence-electron chi connectivity index (χ0n) is 14.5. The molecule has 0 saturated heterocycles. The van der Waals surface area contributed by atoms with Crippen molar-refractivity contribution in [2.45, 2.75) is 18.4 Å². The van der Waals surface area contributed by atoms with E-state index in [1.165, 1.54) is 27.6 Å². The van der Waals surface area contributed by atoms with E-state index in [2.05, 4.69) is 65.0 Å². The maximum Gasteiger partial charge on any atom is 0.0544 e. The number of hydrogen-bond acceptors (Lipinski definition) is 1. The first-order valence-electron chi connectivity index (χ1n) is 9.06. The van der Waals surface area contributed by atoms with E-state index in [9.17, 15) is 0 Å². The molecule has 0 bridgehead atoms. The molecular formula is C23H18Cl2N2. The molecule has 0 aliphatic carbocycles. The molecule has 3 aromatic carbocycles. The molecule has 0 fully saturated rings. The fourth-order valence-electron chi connectivity index (χ4n) is 4.16. The Hall–Kier alpha value is -2.42. The Labute approximate surface area is 168 Å². The van der Waals surface area contributed by atoms with Crippen LogP contribution in [-0.2, 0) is 0 Å². The lowest BCUT2D eigenvalue weighted by atomic mass is 9.80. The molecule has 2 N–H and O–H groups in total. The molecule has 2 nitrogen and oxygen atoms in total. The molecule has 5 rings (SSSR count). The summed E-state index contributed by atoms with van der Waals surface area (Å²) < 4.78 is 0. The van der Waals surface area contributed by atoms with Crippen LogP contribution in [-0.4, -0.2) is 4.98 Å². The average Bonchev–Trinajstić information content (AvgIpc) is 3.12. The molecule has 4 heteroatoms. The third kappa shape index (κ3) is 2.99. The number of rotatable bonds is 2. The summed E-state index contributed by atoms with van der Waals surface area (Å²) in [5, 5.41) is 6.51. The fourth-order valence-corrected chi connectivity index (χ4v) is 4.47. The van der Waals surface area contributed by atoms with Crippen LogP contribution in [0, 0.1) is 0 Å². The van der Waals surface area contributed by atoms with Gasteiger partial charge in [-0.1, -0.05) is 53.5 Å². The molecule has 0 amide bonds. The summed E-state index contributed by atoms with van der Waals surface area (Å²) in [4.78, 5) is 3.40. The van der Waals surface area contributed by atoms with Gasteiger partial charge in [-0.3, -0.25) is 0 Å². The first-order chi connectivity index (χ1) is 13.2. The van der Waals surface area contributed by atoms with Crippen molar-refractivity contribution in [3.8, 4) is 0 Å². The maximum atomic E-state index is 6.31. The quantitative estimate of drug-likeness (QED) is 0.371. The van der Waals surface area contributed by atoms with E-state index in [1.54, 1.807) is 0 Å². The molecule has 2 heterocycles. The standard InChI is InChI=1S/C23H18Cl2N2/c24-15-7-5-14(6-8-15)18-12-23(27-22-10-9-16(25)11-19(18)22)20-13-26-21-4-2-1-3-17(20)21/h1-11,13,18,23,26-27H,12H2/t18-,23+/m0/s1. The summed E-state index contributed by atoms with van der Waals surface area (Å²) in [6, 6.07) is 22.9. The van der Waals surface area contributed by atoms with Crippen LogP contribution in [0.5, 0.6) is 0 Å². The minimum atomic E-state index is 0.218. The summed E-state index contributed by atoms with van der Waals surface area (Å²) in [5.41, 5.74) is 6.10. The van der Waals surface area contributed by atoms with E-state index in [0.29, 0.717) is 0 Å². The molecule has 1 aromatic heterocycles. The average molecular weight is 393 g/mol. The van der Waals surface area contributed by atoms with Gasteiger partial charge in [-0.25, -0.2) is 0 Å². The molecule has 134 valence electrons. The highest BCUT2D eigenvalue weighted by atomic mass is 35.5. The second kappa shape index (κ2) is 6.63. The van der Waals surface area contributed by atoms with Gasteiger partial charge in [0.25, 0.3) is 0 Å². The van der Waals surface area contributed by atoms with Crippen LogP contribution in [0.4, 0.5) is 5.69 Å². The van der Waals surface area contributed by atoms with Gasteiger partial charge in [0, 0.05) is 38.8 Å². The van der Waals surface area contributed by atoms with Crippen LogP contribution in [0.15, 0.2) is 72.9 Å². The van der Waals surface area contributed by atoms with E-state index in [0.717, 1.165) is 22.2 Å². The summed E-state index contributed by atoms with van der Waals surface area (Å²) in [7, 11) is 0. The molecule has 0 spiro atoms. The number of benzene rings is 3. The number of aromatic amines is 1. The first-order valence-corrected chi connectivity index (χ1v) is 9.82. The number of para-hydroxylation sites is 1. The third-order valence-corrected chi connectivity index (χ3v) is 5.95. The van der Waals surface area contributed by atoms with Gasteiger partial charge in [0.05, 0.1) is 6.04 Å². The summed E-state index contributed by atoms with van der Waals surface area (Å²) in [6.07, 6.45) is 3.08. The minimum Gasteiger partial charge on any atom is -0.378 e. The fraction of sp³-hybridized carbons (Fsp3) is 0.130. The molecule has 0 saturated carbocycles. The van der Waals surface area contributed by atoms with E-state index in [1.807, 2.05) is 18.2 Å². The van der Waals surface area contributed by atoms with Crippen molar-refractivity contribution in [3.05, 3.63) is 99.7 Å². The topological polar surface area (TPSA) is 27.8 Å². The Balaban J connectivity index is 1.62. The van der Waals surface area contributed by atoms with Crippen LogP contribution in [0.2, 0.25) is 10.0 Å². The van der Waals surface area contributed by atoms with E-state index in [-0.39, 0.29) is 12.0 Å². The number of fused-ring (bicyclic) bond motifs is 2. The molecule has 4 aromatic rings. The van der Waals surface area contributed by atoms with Crippen molar-refractivity contribution in [2.75, 3.05) is 5.32 Å². The molecule has 1 aliphatic heterocycles. The van der Waals surface area contributed by atoms with Crippen LogP contribution >= 0.6 is 23.2 Å². The zero-order valence-corrected chi connectivity index (χ0v) is 16.1. The smallest absolute Gasteiger partial charge is 0.0544 e. The van der Waals surface area contributed by atoms with Gasteiger partial charge in [0.1, 0.15) is 0 Å². The number of aromatic nitrogens is 1. The minimum absolute atomic E-state index is 0.218. The Bertz CT molecular complexity index is 1110. The van der Waals surface area contributed by atoms with Crippen molar-refractivity contribution in [3.63, 3.8) is 0 Å². The monoisotopic (exact) mass is 392 g/mol. The lowest BCUT2D eigenvalue weighted by Gasteiger charge is -2.34. The van der Waals surface area contributed by atoms with E-state index >= 15 is 0 Å². The Morgan fingerprint density at radius 1 is 0.815 bits per heavy atom. The summed E-state index contributed by atoms with van der Waals surface area (Å²) >= 11 is 12.4. The number of hydrogen-bond donors (Lipinski definition) is 2. The maximum absolute atomic E-state index is 6.31. The Kier molecular flexibility index (Phi) is 4.11. The molecule has 27 heavy (non-hydrogen) atoms. The van der Waals surface area contributed by atoms with Crippen molar-refractivity contribution >= 4 is 39.8 Å². The second-order valence-corrected chi connectivity index (χ2v) is 7.93.